The Bertz CT molecular complexity index is 450. The molecule has 86 valence electrons. The molecule has 3 rings (SSSR count). The van der Waals surface area contributed by atoms with Crippen molar-refractivity contribution >= 4 is 5.95 Å². The SMILES string of the molecule is O=c1[nH]c(NC2CCC2)nc2c1CCNC2. The number of nitrogens with zero attached hydrogens (tertiary/aromatic N) is 1. The molecule has 0 aromatic carbocycles. The van der Waals surface area contributed by atoms with Gasteiger partial charge in [-0.05, 0) is 32.2 Å². The predicted octanol–water partition coefficient (Wildman–Crippen LogP) is 0.380. The summed E-state index contributed by atoms with van der Waals surface area (Å²) in [5, 5.41) is 6.51. The smallest absolute Gasteiger partial charge is 0.255 e. The zero-order chi connectivity index (χ0) is 11.0. The second-order valence-electron chi connectivity index (χ2n) is 4.54. The Morgan fingerprint density at radius 3 is 3.00 bits per heavy atom. The molecule has 0 unspecified atom stereocenters. The highest BCUT2D eigenvalue weighted by Crippen LogP contribution is 2.21. The van der Waals surface area contributed by atoms with Gasteiger partial charge in [0.1, 0.15) is 0 Å². The van der Waals surface area contributed by atoms with Gasteiger partial charge in [-0.15, -0.1) is 0 Å². The molecule has 2 heterocycles. The summed E-state index contributed by atoms with van der Waals surface area (Å²) < 4.78 is 0. The van der Waals surface area contributed by atoms with Crippen molar-refractivity contribution in [2.24, 2.45) is 0 Å². The summed E-state index contributed by atoms with van der Waals surface area (Å²) in [6, 6.07) is 0.498. The number of aromatic nitrogens is 2. The van der Waals surface area contributed by atoms with E-state index in [-0.39, 0.29) is 5.56 Å². The third-order valence-corrected chi connectivity index (χ3v) is 3.39. The van der Waals surface area contributed by atoms with E-state index in [0.29, 0.717) is 18.5 Å². The third kappa shape index (κ3) is 1.71. The Balaban J connectivity index is 1.88. The fourth-order valence-electron chi connectivity index (χ4n) is 2.18. The van der Waals surface area contributed by atoms with E-state index in [1.807, 2.05) is 0 Å². The van der Waals surface area contributed by atoms with Crippen LogP contribution in [0.3, 0.4) is 0 Å². The van der Waals surface area contributed by atoms with Gasteiger partial charge in [-0.25, -0.2) is 4.98 Å². The van der Waals surface area contributed by atoms with Crippen molar-refractivity contribution in [2.75, 3.05) is 11.9 Å². The third-order valence-electron chi connectivity index (χ3n) is 3.39. The summed E-state index contributed by atoms with van der Waals surface area (Å²) in [5.74, 6) is 0.636. The number of rotatable bonds is 2. The lowest BCUT2D eigenvalue weighted by molar-refractivity contribution is 0.442. The molecule has 0 radical (unpaired) electrons. The van der Waals surface area contributed by atoms with Crippen molar-refractivity contribution in [2.45, 2.75) is 38.3 Å². The molecule has 5 nitrogen and oxygen atoms in total. The van der Waals surface area contributed by atoms with Crippen molar-refractivity contribution in [1.82, 2.24) is 15.3 Å². The molecule has 1 fully saturated rings. The molecule has 0 saturated heterocycles. The van der Waals surface area contributed by atoms with Crippen molar-refractivity contribution in [3.63, 3.8) is 0 Å². The maximum atomic E-state index is 11.8. The highest BCUT2D eigenvalue weighted by atomic mass is 16.1. The summed E-state index contributed by atoms with van der Waals surface area (Å²) in [4.78, 5) is 19.1. The van der Waals surface area contributed by atoms with Crippen LogP contribution in [0.4, 0.5) is 5.95 Å². The quantitative estimate of drug-likeness (QED) is 0.674. The average Bonchev–Trinajstić information content (AvgIpc) is 2.24. The zero-order valence-electron chi connectivity index (χ0n) is 9.18. The van der Waals surface area contributed by atoms with Gasteiger partial charge in [0, 0.05) is 18.2 Å². The zero-order valence-corrected chi connectivity index (χ0v) is 9.18. The first-order valence-electron chi connectivity index (χ1n) is 5.92. The Kier molecular flexibility index (Phi) is 2.40. The van der Waals surface area contributed by atoms with Crippen LogP contribution in [-0.4, -0.2) is 22.6 Å². The maximum Gasteiger partial charge on any atom is 0.255 e. The minimum absolute atomic E-state index is 0.0216. The molecule has 1 aromatic heterocycles. The first-order valence-corrected chi connectivity index (χ1v) is 5.92. The van der Waals surface area contributed by atoms with Crippen molar-refractivity contribution < 1.29 is 0 Å². The summed E-state index contributed by atoms with van der Waals surface area (Å²) in [6.07, 6.45) is 4.41. The summed E-state index contributed by atoms with van der Waals surface area (Å²) in [7, 11) is 0. The van der Waals surface area contributed by atoms with Gasteiger partial charge in [-0.1, -0.05) is 0 Å². The van der Waals surface area contributed by atoms with Crippen LogP contribution in [0.1, 0.15) is 30.5 Å². The van der Waals surface area contributed by atoms with Gasteiger partial charge in [0.2, 0.25) is 5.95 Å². The van der Waals surface area contributed by atoms with E-state index in [1.54, 1.807) is 0 Å². The Labute approximate surface area is 93.7 Å². The van der Waals surface area contributed by atoms with Crippen LogP contribution in [0.15, 0.2) is 4.79 Å². The molecule has 3 N–H and O–H groups in total. The topological polar surface area (TPSA) is 69.8 Å². The van der Waals surface area contributed by atoms with Gasteiger partial charge in [-0.3, -0.25) is 9.78 Å². The number of fused-ring (bicyclic) bond motifs is 1. The van der Waals surface area contributed by atoms with Crippen LogP contribution in [0.5, 0.6) is 0 Å². The van der Waals surface area contributed by atoms with E-state index in [9.17, 15) is 4.79 Å². The molecule has 16 heavy (non-hydrogen) atoms. The number of nitrogens with one attached hydrogen (secondary N) is 3. The Hall–Kier alpha value is -1.36. The van der Waals surface area contributed by atoms with Crippen LogP contribution in [0.25, 0.3) is 0 Å². The van der Waals surface area contributed by atoms with Crippen LogP contribution in [0, 0.1) is 0 Å². The van der Waals surface area contributed by atoms with Crippen LogP contribution < -0.4 is 16.2 Å². The molecule has 1 aliphatic carbocycles. The van der Waals surface area contributed by atoms with Gasteiger partial charge >= 0.3 is 0 Å². The Morgan fingerprint density at radius 2 is 2.25 bits per heavy atom. The largest absolute Gasteiger partial charge is 0.353 e. The molecular weight excluding hydrogens is 204 g/mol. The first kappa shape index (κ1) is 9.84. The molecular formula is C11H16N4O. The van der Waals surface area contributed by atoms with Crippen LogP contribution >= 0.6 is 0 Å². The summed E-state index contributed by atoms with van der Waals surface area (Å²) in [5.41, 5.74) is 1.77. The maximum absolute atomic E-state index is 11.8. The van der Waals surface area contributed by atoms with Crippen molar-refractivity contribution in [3.05, 3.63) is 21.6 Å². The fraction of sp³-hybridized carbons (Fsp3) is 0.636. The second kappa shape index (κ2) is 3.90. The minimum Gasteiger partial charge on any atom is -0.353 e. The van der Waals surface area contributed by atoms with Crippen molar-refractivity contribution in [1.29, 1.82) is 0 Å². The van der Waals surface area contributed by atoms with Gasteiger partial charge in [0.25, 0.3) is 5.56 Å². The molecule has 0 spiro atoms. The monoisotopic (exact) mass is 220 g/mol. The van der Waals surface area contributed by atoms with E-state index in [2.05, 4.69) is 20.6 Å². The number of H-pyrrole nitrogens is 1. The van der Waals surface area contributed by atoms with Gasteiger partial charge in [0.15, 0.2) is 0 Å². The normalized spacial score (nSPS) is 20.0. The highest BCUT2D eigenvalue weighted by Gasteiger charge is 2.20. The predicted molar refractivity (Wildman–Crippen MR) is 61.5 cm³/mol. The van der Waals surface area contributed by atoms with Gasteiger partial charge < -0.3 is 10.6 Å². The van der Waals surface area contributed by atoms with E-state index < -0.39 is 0 Å². The lowest BCUT2D eigenvalue weighted by atomic mass is 9.93. The standard InChI is InChI=1S/C11H16N4O/c16-10-8-4-5-12-6-9(8)14-11(15-10)13-7-2-1-3-7/h7,12H,1-6H2,(H2,13,14,15,16). The van der Waals surface area contributed by atoms with Gasteiger partial charge in [-0.2, -0.15) is 0 Å². The number of anilines is 1. The lowest BCUT2D eigenvalue weighted by Crippen LogP contribution is -2.34. The summed E-state index contributed by atoms with van der Waals surface area (Å²) in [6.45, 7) is 1.58. The Morgan fingerprint density at radius 1 is 1.38 bits per heavy atom. The van der Waals surface area contributed by atoms with E-state index in [1.165, 1.54) is 19.3 Å². The van der Waals surface area contributed by atoms with E-state index in [4.69, 9.17) is 0 Å². The number of aromatic amines is 1. The molecule has 0 atom stereocenters. The minimum atomic E-state index is 0.0216. The van der Waals surface area contributed by atoms with Crippen molar-refractivity contribution in [3.8, 4) is 0 Å². The average molecular weight is 220 g/mol. The first-order chi connectivity index (χ1) is 7.83. The molecule has 0 amide bonds. The molecule has 2 aliphatic rings. The number of hydrogen-bond acceptors (Lipinski definition) is 4. The van der Waals surface area contributed by atoms with E-state index >= 15 is 0 Å². The van der Waals surface area contributed by atoms with Crippen LogP contribution in [-0.2, 0) is 13.0 Å². The lowest BCUT2D eigenvalue weighted by Gasteiger charge is -2.27. The highest BCUT2D eigenvalue weighted by molar-refractivity contribution is 5.32. The summed E-state index contributed by atoms with van der Waals surface area (Å²) >= 11 is 0. The molecule has 1 saturated carbocycles. The fourth-order valence-corrected chi connectivity index (χ4v) is 2.18. The van der Waals surface area contributed by atoms with E-state index in [0.717, 1.165) is 24.2 Å². The van der Waals surface area contributed by atoms with Gasteiger partial charge in [0.05, 0.1) is 5.69 Å². The molecule has 1 aliphatic heterocycles. The van der Waals surface area contributed by atoms with Crippen LogP contribution in [0.2, 0.25) is 0 Å². The molecule has 5 heteroatoms. The molecule has 0 bridgehead atoms. The number of hydrogen-bond donors (Lipinski definition) is 3. The molecule has 1 aromatic rings. The second-order valence-corrected chi connectivity index (χ2v) is 4.54.